The Morgan fingerprint density at radius 2 is 2.11 bits per heavy atom. The highest BCUT2D eigenvalue weighted by molar-refractivity contribution is 5.89. The van der Waals surface area contributed by atoms with Crippen LogP contribution in [0.2, 0.25) is 0 Å². The zero-order chi connectivity index (χ0) is 13.9. The zero-order valence-corrected chi connectivity index (χ0v) is 11.0. The largest absolute Gasteiger partial charge is 0.481 e. The number of nitrogens with one attached hydrogen (secondary N) is 1. The van der Waals surface area contributed by atoms with E-state index >= 15 is 0 Å². The lowest BCUT2D eigenvalue weighted by atomic mass is 9.96. The molecule has 2 N–H and O–H groups in total. The van der Waals surface area contributed by atoms with Crippen LogP contribution in [-0.2, 0) is 14.4 Å². The lowest BCUT2D eigenvalue weighted by Crippen LogP contribution is -2.46. The molecule has 1 fully saturated rings. The third-order valence-corrected chi connectivity index (χ3v) is 3.14. The Hall–Kier alpha value is -1.59. The molecule has 0 aromatic carbocycles. The summed E-state index contributed by atoms with van der Waals surface area (Å²) in [5.74, 6) is -1.42. The topological polar surface area (TPSA) is 86.7 Å². The molecule has 1 unspecified atom stereocenters. The molecule has 1 saturated heterocycles. The Bertz CT molecular complexity index is 365. The molecule has 0 aromatic rings. The summed E-state index contributed by atoms with van der Waals surface area (Å²) in [5, 5.41) is 11.4. The van der Waals surface area contributed by atoms with Crippen molar-refractivity contribution >= 4 is 17.8 Å². The Morgan fingerprint density at radius 1 is 1.50 bits per heavy atom. The van der Waals surface area contributed by atoms with E-state index in [9.17, 15) is 14.4 Å². The van der Waals surface area contributed by atoms with Crippen molar-refractivity contribution in [2.75, 3.05) is 13.6 Å². The Morgan fingerprint density at radius 3 is 2.56 bits per heavy atom. The normalized spacial score (nSPS) is 20.1. The molecule has 6 nitrogen and oxygen atoms in total. The zero-order valence-electron chi connectivity index (χ0n) is 11.0. The number of carbonyl (C=O) groups excluding carboxylic acids is 2. The lowest BCUT2D eigenvalue weighted by molar-refractivity contribution is -0.138. The van der Waals surface area contributed by atoms with E-state index in [0.29, 0.717) is 13.0 Å². The monoisotopic (exact) mass is 256 g/mol. The number of amides is 2. The van der Waals surface area contributed by atoms with Gasteiger partial charge in [0.05, 0.1) is 5.92 Å². The first-order chi connectivity index (χ1) is 8.21. The summed E-state index contributed by atoms with van der Waals surface area (Å²) in [7, 11) is 1.67. The van der Waals surface area contributed by atoms with Crippen LogP contribution in [0.5, 0.6) is 0 Å². The molecular formula is C12H20N2O4. The molecule has 0 aliphatic carbocycles. The third-order valence-electron chi connectivity index (χ3n) is 3.14. The first kappa shape index (κ1) is 14.5. The molecule has 1 rings (SSSR count). The van der Waals surface area contributed by atoms with E-state index in [1.165, 1.54) is 4.90 Å². The molecule has 1 aliphatic rings. The van der Waals surface area contributed by atoms with Crippen molar-refractivity contribution in [2.24, 2.45) is 5.92 Å². The number of aliphatic carboxylic acids is 1. The average molecular weight is 256 g/mol. The van der Waals surface area contributed by atoms with Crippen molar-refractivity contribution in [3.63, 3.8) is 0 Å². The number of carboxylic acid groups (broad SMARTS) is 1. The predicted octanol–water partition coefficient (Wildman–Crippen LogP) is 0.224. The highest BCUT2D eigenvalue weighted by Crippen LogP contribution is 2.18. The van der Waals surface area contributed by atoms with Crippen LogP contribution in [0.25, 0.3) is 0 Å². The SMILES string of the molecule is CN1CC(C(=O)NC(C)(C)CCC(=O)O)CC1=O. The maximum absolute atomic E-state index is 12.0. The van der Waals surface area contributed by atoms with Gasteiger partial charge in [-0.2, -0.15) is 0 Å². The van der Waals surface area contributed by atoms with Gasteiger partial charge in [0.15, 0.2) is 0 Å². The van der Waals surface area contributed by atoms with E-state index in [1.54, 1.807) is 20.9 Å². The van der Waals surface area contributed by atoms with Gasteiger partial charge in [-0.05, 0) is 20.3 Å². The van der Waals surface area contributed by atoms with Crippen molar-refractivity contribution in [1.82, 2.24) is 10.2 Å². The van der Waals surface area contributed by atoms with Crippen molar-refractivity contribution in [3.05, 3.63) is 0 Å². The first-order valence-corrected chi connectivity index (χ1v) is 5.99. The maximum Gasteiger partial charge on any atom is 0.303 e. The summed E-state index contributed by atoms with van der Waals surface area (Å²) in [6, 6.07) is 0. The van der Waals surface area contributed by atoms with Gasteiger partial charge in [0.1, 0.15) is 0 Å². The van der Waals surface area contributed by atoms with Gasteiger partial charge < -0.3 is 15.3 Å². The van der Waals surface area contributed by atoms with Crippen LogP contribution in [0.3, 0.4) is 0 Å². The van der Waals surface area contributed by atoms with Crippen molar-refractivity contribution in [1.29, 1.82) is 0 Å². The minimum absolute atomic E-state index is 0.0107. The average Bonchev–Trinajstić information content (AvgIpc) is 2.56. The second-order valence-corrected chi connectivity index (χ2v) is 5.44. The Labute approximate surface area is 106 Å². The smallest absolute Gasteiger partial charge is 0.303 e. The second-order valence-electron chi connectivity index (χ2n) is 5.44. The highest BCUT2D eigenvalue weighted by atomic mass is 16.4. The van der Waals surface area contributed by atoms with Crippen molar-refractivity contribution in [2.45, 2.75) is 38.6 Å². The number of carboxylic acids is 1. The minimum Gasteiger partial charge on any atom is -0.481 e. The standard InChI is InChI=1S/C12H20N2O4/c1-12(2,5-4-10(16)17)13-11(18)8-6-9(15)14(3)7-8/h8H,4-7H2,1-3H3,(H,13,18)(H,16,17). The highest BCUT2D eigenvalue weighted by Gasteiger charge is 2.34. The van der Waals surface area contributed by atoms with Crippen LogP contribution in [0, 0.1) is 5.92 Å². The first-order valence-electron chi connectivity index (χ1n) is 5.99. The molecule has 0 saturated carbocycles. The number of likely N-dealkylation sites (tertiary alicyclic amines) is 1. The van der Waals surface area contributed by atoms with E-state index < -0.39 is 11.5 Å². The van der Waals surface area contributed by atoms with Gasteiger partial charge in [0, 0.05) is 32.0 Å². The third kappa shape index (κ3) is 4.01. The summed E-state index contributed by atoms with van der Waals surface area (Å²) >= 11 is 0. The molecule has 1 heterocycles. The van der Waals surface area contributed by atoms with E-state index in [-0.39, 0.29) is 30.6 Å². The fourth-order valence-electron chi connectivity index (χ4n) is 1.96. The second kappa shape index (κ2) is 5.37. The van der Waals surface area contributed by atoms with Crippen LogP contribution >= 0.6 is 0 Å². The van der Waals surface area contributed by atoms with Crippen molar-refractivity contribution < 1.29 is 19.5 Å². The van der Waals surface area contributed by atoms with E-state index in [0.717, 1.165) is 0 Å². The summed E-state index contributed by atoms with van der Waals surface area (Å²) in [6.07, 6.45) is 0.610. The van der Waals surface area contributed by atoms with Gasteiger partial charge in [0.2, 0.25) is 11.8 Å². The molecule has 0 bridgehead atoms. The summed E-state index contributed by atoms with van der Waals surface area (Å²) in [6.45, 7) is 4.00. The molecule has 18 heavy (non-hydrogen) atoms. The van der Waals surface area contributed by atoms with Gasteiger partial charge in [0.25, 0.3) is 0 Å². The molecule has 0 aromatic heterocycles. The number of nitrogens with zero attached hydrogens (tertiary/aromatic N) is 1. The Kier molecular flexibility index (Phi) is 4.32. The number of hydrogen-bond acceptors (Lipinski definition) is 3. The maximum atomic E-state index is 12.0. The van der Waals surface area contributed by atoms with Crippen molar-refractivity contribution in [3.8, 4) is 0 Å². The minimum atomic E-state index is -0.881. The quantitative estimate of drug-likeness (QED) is 0.737. The molecule has 0 radical (unpaired) electrons. The molecule has 2 amide bonds. The van der Waals surface area contributed by atoms with Crippen LogP contribution in [0.1, 0.15) is 33.1 Å². The van der Waals surface area contributed by atoms with Gasteiger partial charge in [-0.25, -0.2) is 0 Å². The lowest BCUT2D eigenvalue weighted by Gasteiger charge is -2.27. The molecule has 6 heteroatoms. The van der Waals surface area contributed by atoms with E-state index in [1.807, 2.05) is 0 Å². The number of rotatable bonds is 5. The van der Waals surface area contributed by atoms with Gasteiger partial charge >= 0.3 is 5.97 Å². The van der Waals surface area contributed by atoms with Gasteiger partial charge in [-0.15, -0.1) is 0 Å². The predicted molar refractivity (Wildman–Crippen MR) is 64.8 cm³/mol. The molecular weight excluding hydrogens is 236 g/mol. The summed E-state index contributed by atoms with van der Waals surface area (Å²) in [4.78, 5) is 35.3. The fraction of sp³-hybridized carbons (Fsp3) is 0.750. The molecule has 1 aliphatic heterocycles. The van der Waals surface area contributed by atoms with E-state index in [2.05, 4.69) is 5.32 Å². The Balaban J connectivity index is 2.48. The fourth-order valence-corrected chi connectivity index (χ4v) is 1.96. The van der Waals surface area contributed by atoms with Crippen LogP contribution in [0.15, 0.2) is 0 Å². The molecule has 0 spiro atoms. The summed E-state index contributed by atoms with van der Waals surface area (Å²) < 4.78 is 0. The number of carbonyl (C=O) groups is 3. The summed E-state index contributed by atoms with van der Waals surface area (Å²) in [5.41, 5.74) is -0.570. The number of hydrogen-bond donors (Lipinski definition) is 2. The molecule has 1 atom stereocenters. The van der Waals surface area contributed by atoms with Crippen LogP contribution in [-0.4, -0.2) is 46.9 Å². The van der Waals surface area contributed by atoms with Crippen LogP contribution < -0.4 is 5.32 Å². The van der Waals surface area contributed by atoms with Gasteiger partial charge in [-0.1, -0.05) is 0 Å². The van der Waals surface area contributed by atoms with E-state index in [4.69, 9.17) is 5.11 Å². The molecule has 102 valence electrons. The van der Waals surface area contributed by atoms with Crippen LogP contribution in [0.4, 0.5) is 0 Å². The van der Waals surface area contributed by atoms with Gasteiger partial charge in [-0.3, -0.25) is 14.4 Å².